The summed E-state index contributed by atoms with van der Waals surface area (Å²) in [7, 11) is -0.501. The molecule has 0 radical (unpaired) electrons. The number of benzene rings is 1. The quantitative estimate of drug-likeness (QED) is 0.873. The molecule has 0 bridgehead atoms. The minimum atomic E-state index is -0.501. The van der Waals surface area contributed by atoms with Crippen LogP contribution < -0.4 is 10.8 Å². The maximum atomic E-state index is 11.4. The van der Waals surface area contributed by atoms with Crippen molar-refractivity contribution in [3.63, 3.8) is 0 Å². The van der Waals surface area contributed by atoms with E-state index in [1.54, 1.807) is 19.1 Å². The topological polar surface area (TPSA) is 47.6 Å². The van der Waals surface area contributed by atoms with Gasteiger partial charge < -0.3 is 14.6 Å². The average molecular weight is 310 g/mol. The first-order valence-electron chi connectivity index (χ1n) is 7.11. The minimum Gasteiger partial charge on any atom is -0.399 e. The van der Waals surface area contributed by atoms with Crippen molar-refractivity contribution in [2.24, 2.45) is 0 Å². The Labute approximate surface area is 131 Å². The van der Waals surface area contributed by atoms with Gasteiger partial charge in [-0.2, -0.15) is 0 Å². The first-order valence-corrected chi connectivity index (χ1v) is 7.49. The highest BCUT2D eigenvalue weighted by Gasteiger charge is 2.52. The Morgan fingerprint density at radius 2 is 1.81 bits per heavy atom. The lowest BCUT2D eigenvalue weighted by Gasteiger charge is -2.32. The molecule has 1 amide bonds. The zero-order chi connectivity index (χ0) is 15.8. The van der Waals surface area contributed by atoms with Crippen LogP contribution in [0.25, 0.3) is 0 Å². The fourth-order valence-electron chi connectivity index (χ4n) is 2.02. The number of carbonyl (C=O) groups is 1. The van der Waals surface area contributed by atoms with Gasteiger partial charge in [-0.15, -0.1) is 0 Å². The van der Waals surface area contributed by atoms with Crippen LogP contribution in [0.5, 0.6) is 0 Å². The van der Waals surface area contributed by atoms with Crippen LogP contribution in [0.1, 0.15) is 41.0 Å². The number of rotatable bonds is 3. The third-order valence-corrected chi connectivity index (χ3v) is 4.44. The van der Waals surface area contributed by atoms with Crippen molar-refractivity contribution in [3.8, 4) is 0 Å². The van der Waals surface area contributed by atoms with Gasteiger partial charge in [-0.05, 0) is 39.8 Å². The van der Waals surface area contributed by atoms with Crippen LogP contribution in [0.2, 0.25) is 5.02 Å². The number of amides is 1. The molecule has 114 valence electrons. The van der Waals surface area contributed by atoms with Crippen molar-refractivity contribution >= 4 is 35.8 Å². The van der Waals surface area contributed by atoms with Gasteiger partial charge in [0.15, 0.2) is 0 Å². The molecule has 0 saturated carbocycles. The predicted molar refractivity (Wildman–Crippen MR) is 86.1 cm³/mol. The Kier molecular flexibility index (Phi) is 4.38. The monoisotopic (exact) mass is 309 g/mol. The summed E-state index contributed by atoms with van der Waals surface area (Å²) in [6.07, 6.45) is 0.427. The van der Waals surface area contributed by atoms with Gasteiger partial charge in [0.1, 0.15) is 0 Å². The second-order valence-electron chi connectivity index (χ2n) is 6.23. The fraction of sp³-hybridized carbons (Fsp3) is 0.533. The summed E-state index contributed by atoms with van der Waals surface area (Å²) in [5.41, 5.74) is 0.628. The van der Waals surface area contributed by atoms with Gasteiger partial charge in [0.05, 0.1) is 11.2 Å². The molecule has 0 aliphatic carbocycles. The van der Waals surface area contributed by atoms with Gasteiger partial charge in [-0.1, -0.05) is 24.6 Å². The third kappa shape index (κ3) is 3.25. The van der Waals surface area contributed by atoms with Gasteiger partial charge in [-0.3, -0.25) is 4.79 Å². The Bertz CT molecular complexity index is 544. The van der Waals surface area contributed by atoms with Gasteiger partial charge in [0.2, 0.25) is 5.91 Å². The van der Waals surface area contributed by atoms with E-state index in [0.717, 1.165) is 5.46 Å². The molecule has 0 aromatic heterocycles. The van der Waals surface area contributed by atoms with Crippen molar-refractivity contribution in [2.45, 2.75) is 52.2 Å². The van der Waals surface area contributed by atoms with Crippen LogP contribution in [-0.2, 0) is 14.1 Å². The summed E-state index contributed by atoms with van der Waals surface area (Å²) >= 11 is 6.31. The summed E-state index contributed by atoms with van der Waals surface area (Å²) in [5, 5.41) is 3.29. The lowest BCUT2D eigenvalue weighted by molar-refractivity contribution is -0.115. The fourth-order valence-corrected chi connectivity index (χ4v) is 2.29. The largest absolute Gasteiger partial charge is 0.496 e. The molecule has 2 rings (SSSR count). The molecule has 21 heavy (non-hydrogen) atoms. The Balaban J connectivity index is 2.21. The van der Waals surface area contributed by atoms with E-state index < -0.39 is 18.3 Å². The summed E-state index contributed by atoms with van der Waals surface area (Å²) in [5.74, 6) is -0.0468. The maximum Gasteiger partial charge on any atom is 0.496 e. The molecule has 1 heterocycles. The van der Waals surface area contributed by atoms with Crippen LogP contribution >= 0.6 is 11.6 Å². The average Bonchev–Trinajstić information content (AvgIpc) is 2.58. The molecule has 0 spiro atoms. The Hall–Kier alpha value is -1.04. The normalized spacial score (nSPS) is 19.6. The van der Waals surface area contributed by atoms with Gasteiger partial charge in [0.25, 0.3) is 0 Å². The van der Waals surface area contributed by atoms with Crippen molar-refractivity contribution in [1.29, 1.82) is 0 Å². The van der Waals surface area contributed by atoms with E-state index in [2.05, 4.69) is 5.32 Å². The third-order valence-electron chi connectivity index (χ3n) is 4.11. The van der Waals surface area contributed by atoms with E-state index in [4.69, 9.17) is 20.9 Å². The molecule has 0 unspecified atom stereocenters. The SMILES string of the molecule is CCC(=O)Nc1ccc(B2OC(C)(C)C(C)(C)O2)c(Cl)c1. The zero-order valence-corrected chi connectivity index (χ0v) is 13.9. The number of halogens is 1. The van der Waals surface area contributed by atoms with E-state index in [9.17, 15) is 4.79 Å². The van der Waals surface area contributed by atoms with Gasteiger partial charge in [0, 0.05) is 22.6 Å². The molecule has 1 N–H and O–H groups in total. The first kappa shape index (κ1) is 16.3. The lowest BCUT2D eigenvalue weighted by atomic mass is 9.79. The van der Waals surface area contributed by atoms with E-state index in [1.807, 2.05) is 33.8 Å². The summed E-state index contributed by atoms with van der Waals surface area (Å²) in [6.45, 7) is 9.79. The first-order chi connectivity index (χ1) is 9.66. The standard InChI is InChI=1S/C15H21BClNO3/c1-6-13(19)18-10-7-8-11(12(17)9-10)16-20-14(2,3)15(4,5)21-16/h7-9H,6H2,1-5H3,(H,18,19). The second kappa shape index (κ2) is 5.63. The zero-order valence-electron chi connectivity index (χ0n) is 13.1. The van der Waals surface area contributed by atoms with E-state index in [-0.39, 0.29) is 5.91 Å². The highest BCUT2D eigenvalue weighted by molar-refractivity contribution is 6.65. The number of hydrogen-bond donors (Lipinski definition) is 1. The van der Waals surface area contributed by atoms with E-state index in [1.165, 1.54) is 0 Å². The number of carbonyl (C=O) groups excluding carboxylic acids is 1. The molecule has 1 aromatic carbocycles. The van der Waals surface area contributed by atoms with Gasteiger partial charge in [-0.25, -0.2) is 0 Å². The molecule has 1 aliphatic heterocycles. The van der Waals surface area contributed by atoms with Crippen molar-refractivity contribution in [1.82, 2.24) is 0 Å². The van der Waals surface area contributed by atoms with Gasteiger partial charge >= 0.3 is 7.12 Å². The maximum absolute atomic E-state index is 11.4. The van der Waals surface area contributed by atoms with Crippen LogP contribution in [0.3, 0.4) is 0 Å². The molecule has 1 fully saturated rings. The predicted octanol–water partition coefficient (Wildman–Crippen LogP) is 2.99. The molecule has 1 saturated heterocycles. The number of nitrogens with one attached hydrogen (secondary N) is 1. The van der Waals surface area contributed by atoms with E-state index in [0.29, 0.717) is 17.1 Å². The highest BCUT2D eigenvalue weighted by atomic mass is 35.5. The summed E-state index contributed by atoms with van der Waals surface area (Å²) in [4.78, 5) is 11.4. The Morgan fingerprint density at radius 1 is 1.24 bits per heavy atom. The molecule has 1 aromatic rings. The van der Waals surface area contributed by atoms with Crippen molar-refractivity contribution in [3.05, 3.63) is 23.2 Å². The summed E-state index contributed by atoms with van der Waals surface area (Å²) < 4.78 is 12.0. The number of hydrogen-bond acceptors (Lipinski definition) is 3. The smallest absolute Gasteiger partial charge is 0.399 e. The van der Waals surface area contributed by atoms with Crippen LogP contribution in [0.15, 0.2) is 18.2 Å². The van der Waals surface area contributed by atoms with Crippen molar-refractivity contribution < 1.29 is 14.1 Å². The molecule has 1 aliphatic rings. The Morgan fingerprint density at radius 3 is 2.29 bits per heavy atom. The lowest BCUT2D eigenvalue weighted by Crippen LogP contribution is -2.41. The second-order valence-corrected chi connectivity index (χ2v) is 6.63. The van der Waals surface area contributed by atoms with E-state index >= 15 is 0 Å². The molecule has 0 atom stereocenters. The molecular formula is C15H21BClNO3. The van der Waals surface area contributed by atoms with Crippen LogP contribution in [0.4, 0.5) is 5.69 Å². The highest BCUT2D eigenvalue weighted by Crippen LogP contribution is 2.37. The molecular weight excluding hydrogens is 288 g/mol. The molecule has 6 heteroatoms. The van der Waals surface area contributed by atoms with Crippen LogP contribution in [-0.4, -0.2) is 24.2 Å². The number of anilines is 1. The van der Waals surface area contributed by atoms with Crippen molar-refractivity contribution in [2.75, 3.05) is 5.32 Å². The minimum absolute atomic E-state index is 0.0468. The summed E-state index contributed by atoms with van der Waals surface area (Å²) in [6, 6.07) is 5.35. The van der Waals surface area contributed by atoms with Crippen LogP contribution in [0, 0.1) is 0 Å². The molecule has 4 nitrogen and oxygen atoms in total.